The Bertz CT molecular complexity index is 1600. The van der Waals surface area contributed by atoms with Gasteiger partial charge in [-0.3, -0.25) is 9.59 Å². The summed E-state index contributed by atoms with van der Waals surface area (Å²) in [6, 6.07) is 31.3. The maximum Gasteiger partial charge on any atom is 0.356 e. The van der Waals surface area contributed by atoms with E-state index in [1.54, 1.807) is 12.1 Å². The predicted octanol–water partition coefficient (Wildman–Crippen LogP) is 3.87. The molecule has 0 aliphatic carbocycles. The molecule has 1 saturated heterocycles. The minimum atomic E-state index is -3.14. The summed E-state index contributed by atoms with van der Waals surface area (Å²) >= 11 is 1.18. The molecule has 3 aromatic carbocycles. The van der Waals surface area contributed by atoms with Crippen LogP contribution in [0.25, 0.3) is 0 Å². The van der Waals surface area contributed by atoms with Gasteiger partial charge in [-0.05, 0) is 35.0 Å². The Kier molecular flexibility index (Phi) is 9.77. The third kappa shape index (κ3) is 5.74. The lowest BCUT2D eigenvalue weighted by atomic mass is 9.80. The third-order valence-electron chi connectivity index (χ3n) is 7.77. The first-order valence-corrected chi connectivity index (χ1v) is 16.9. The molecular weight excluding hydrogens is 593 g/mol. The second-order valence-corrected chi connectivity index (χ2v) is 15.0. The molecule has 1 aromatic heterocycles. The number of nitrogens with zero attached hydrogens (tertiary/aromatic N) is 1. The van der Waals surface area contributed by atoms with Crippen molar-refractivity contribution < 1.29 is 29.3 Å². The van der Waals surface area contributed by atoms with Gasteiger partial charge in [0.25, 0.3) is 0 Å². The van der Waals surface area contributed by atoms with Crippen LogP contribution in [0.3, 0.4) is 0 Å². The Morgan fingerprint density at radius 2 is 1.45 bits per heavy atom. The first kappa shape index (κ1) is 31.4. The molecule has 9 heteroatoms. The predicted molar refractivity (Wildman–Crippen MR) is 176 cm³/mol. The molecule has 1 aliphatic rings. The Morgan fingerprint density at radius 3 is 1.89 bits per heavy atom. The number of carbonyl (C=O) groups excluding carboxylic acids is 3. The van der Waals surface area contributed by atoms with Crippen LogP contribution in [0.2, 0.25) is 0 Å². The fourth-order valence-electron chi connectivity index (χ4n) is 5.84. The summed E-state index contributed by atoms with van der Waals surface area (Å²) in [6.07, 6.45) is 0.288. The molecule has 2 N–H and O–H groups in total. The van der Waals surface area contributed by atoms with Crippen LogP contribution in [0, 0.1) is 5.92 Å². The molecule has 0 bridgehead atoms. The van der Waals surface area contributed by atoms with Crippen molar-refractivity contribution in [3.8, 4) is 0 Å². The van der Waals surface area contributed by atoms with E-state index >= 15 is 0 Å². The van der Waals surface area contributed by atoms with Crippen LogP contribution in [0.4, 0.5) is 0 Å². The average Bonchev–Trinajstić information content (AvgIpc) is 3.54. The van der Waals surface area contributed by atoms with Gasteiger partial charge in [0.15, 0.2) is 5.78 Å². The summed E-state index contributed by atoms with van der Waals surface area (Å²) in [7, 11) is 0. The van der Waals surface area contributed by atoms with Crippen LogP contribution in [-0.2, 0) is 20.9 Å². The van der Waals surface area contributed by atoms with Crippen molar-refractivity contribution in [3.05, 3.63) is 126 Å². The molecule has 1 aliphatic heterocycles. The standard InChI is InChI=1S/C35H34NO6PS/c1-3-21-42-35(41)34(36-29(32(24(2)38)33(36)40)22-30(39)31-20-19-28(23-37)44-31)43(25-13-7-4-8-14-25,26-15-9-5-10-16-26)27-17-11-6-12-18-27/h3-20,24,29,32,37-38H,1,21-23H2,2H3/t24-,29-,32-/m1/s1. The summed E-state index contributed by atoms with van der Waals surface area (Å²) in [5.41, 5.74) is 0.143. The molecule has 2 heterocycles. The second-order valence-electron chi connectivity index (χ2n) is 10.5. The number of ketones is 1. The first-order chi connectivity index (χ1) is 21.3. The molecule has 226 valence electrons. The van der Waals surface area contributed by atoms with Crippen LogP contribution >= 0.6 is 18.2 Å². The number of Topliss-reactive ketones (excluding diaryl/α,β-unsaturated/α-hetero) is 1. The number of benzene rings is 3. The Balaban J connectivity index is 1.84. The zero-order chi connectivity index (χ0) is 31.3. The van der Waals surface area contributed by atoms with Crippen LogP contribution < -0.4 is 15.9 Å². The van der Waals surface area contributed by atoms with Gasteiger partial charge >= 0.3 is 5.97 Å². The topological polar surface area (TPSA) is 104 Å². The molecule has 0 radical (unpaired) electrons. The summed E-state index contributed by atoms with van der Waals surface area (Å²) in [6.45, 7) is 1.82. The molecule has 0 spiro atoms. The van der Waals surface area contributed by atoms with Gasteiger partial charge in [-0.2, -0.15) is 0 Å². The van der Waals surface area contributed by atoms with Crippen molar-refractivity contribution in [2.45, 2.75) is 32.1 Å². The van der Waals surface area contributed by atoms with E-state index in [2.05, 4.69) is 6.58 Å². The first-order valence-electron chi connectivity index (χ1n) is 14.3. The van der Waals surface area contributed by atoms with E-state index in [9.17, 15) is 24.6 Å². The molecule has 7 nitrogen and oxygen atoms in total. The van der Waals surface area contributed by atoms with Crippen molar-refractivity contribution in [1.82, 2.24) is 4.90 Å². The Hall–Kier alpha value is -4.07. The van der Waals surface area contributed by atoms with Gasteiger partial charge in [-0.1, -0.05) is 104 Å². The van der Waals surface area contributed by atoms with Crippen molar-refractivity contribution in [2.24, 2.45) is 5.92 Å². The number of carbonyl (C=O) groups is 3. The van der Waals surface area contributed by atoms with Crippen LogP contribution in [-0.4, -0.2) is 56.9 Å². The van der Waals surface area contributed by atoms with Crippen molar-refractivity contribution in [1.29, 1.82) is 0 Å². The van der Waals surface area contributed by atoms with Gasteiger partial charge < -0.3 is 19.8 Å². The van der Waals surface area contributed by atoms with Gasteiger partial charge in [0, 0.05) is 18.2 Å². The highest BCUT2D eigenvalue weighted by atomic mass is 32.1. The smallest absolute Gasteiger partial charge is 0.356 e. The highest BCUT2D eigenvalue weighted by Crippen LogP contribution is 2.50. The van der Waals surface area contributed by atoms with E-state index < -0.39 is 36.8 Å². The molecule has 0 unspecified atom stereocenters. The number of likely N-dealkylation sites (tertiary alicyclic amines) is 1. The zero-order valence-corrected chi connectivity index (χ0v) is 26.0. The number of hydrogen-bond donors (Lipinski definition) is 2. The molecule has 5 rings (SSSR count). The van der Waals surface area contributed by atoms with Crippen molar-refractivity contribution in [3.63, 3.8) is 0 Å². The lowest BCUT2D eigenvalue weighted by Crippen LogP contribution is -2.68. The fraction of sp³-hybridized carbons (Fsp3) is 0.200. The van der Waals surface area contributed by atoms with E-state index in [4.69, 9.17) is 4.74 Å². The van der Waals surface area contributed by atoms with E-state index in [-0.39, 0.29) is 30.8 Å². The molecule has 3 atom stereocenters. The van der Waals surface area contributed by atoms with Gasteiger partial charge in [0.2, 0.25) is 5.91 Å². The van der Waals surface area contributed by atoms with Crippen LogP contribution in [0.15, 0.2) is 116 Å². The summed E-state index contributed by atoms with van der Waals surface area (Å²) in [5, 5.41) is 22.8. The largest absolute Gasteiger partial charge is 0.457 e. The van der Waals surface area contributed by atoms with Crippen molar-refractivity contribution >= 4 is 57.2 Å². The normalized spacial score (nSPS) is 17.0. The van der Waals surface area contributed by atoms with Crippen LogP contribution in [0.1, 0.15) is 27.9 Å². The number of rotatable bonds is 12. The fourth-order valence-corrected chi connectivity index (χ4v) is 11.1. The monoisotopic (exact) mass is 627 g/mol. The van der Waals surface area contributed by atoms with Crippen LogP contribution in [0.5, 0.6) is 0 Å². The molecule has 1 fully saturated rings. The van der Waals surface area contributed by atoms with E-state index in [1.165, 1.54) is 29.2 Å². The van der Waals surface area contributed by atoms with E-state index in [0.29, 0.717) is 9.75 Å². The summed E-state index contributed by atoms with van der Waals surface area (Å²) < 4.78 is 5.75. The number of esters is 1. The highest BCUT2D eigenvalue weighted by molar-refractivity contribution is 7.96. The quantitative estimate of drug-likeness (QED) is 0.0813. The maximum atomic E-state index is 14.4. The highest BCUT2D eigenvalue weighted by Gasteiger charge is 2.55. The Labute approximate surface area is 261 Å². The Morgan fingerprint density at radius 1 is 0.932 bits per heavy atom. The molecule has 1 amide bonds. The lowest BCUT2D eigenvalue weighted by Gasteiger charge is -2.50. The number of thiophene rings is 1. The zero-order valence-electron chi connectivity index (χ0n) is 24.3. The SMILES string of the molecule is C=CCOC(=O)C(N1C(=O)[C@H]([C@@H](C)O)[C@H]1CC(=O)c1ccc(CO)s1)=P(c1ccccc1)(c1ccccc1)c1ccccc1. The van der Waals surface area contributed by atoms with E-state index in [0.717, 1.165) is 15.9 Å². The van der Waals surface area contributed by atoms with Gasteiger partial charge in [-0.25, -0.2) is 4.79 Å². The lowest BCUT2D eigenvalue weighted by molar-refractivity contribution is -0.157. The summed E-state index contributed by atoms with van der Waals surface area (Å²) in [5.74, 6) is -2.28. The molecular formula is C35H34NO6PS. The third-order valence-corrected chi connectivity index (χ3v) is 13.1. The van der Waals surface area contributed by atoms with Gasteiger partial charge in [-0.15, -0.1) is 11.3 Å². The van der Waals surface area contributed by atoms with Gasteiger partial charge in [0.1, 0.15) is 12.0 Å². The number of ether oxygens (including phenoxy) is 1. The maximum absolute atomic E-state index is 14.4. The van der Waals surface area contributed by atoms with Gasteiger partial charge in [0.05, 0.1) is 29.5 Å². The minimum Gasteiger partial charge on any atom is -0.457 e. The summed E-state index contributed by atoms with van der Waals surface area (Å²) in [4.78, 5) is 44.7. The number of aliphatic hydroxyl groups excluding tert-OH is 2. The average molecular weight is 628 g/mol. The second kappa shape index (κ2) is 13.7. The molecule has 44 heavy (non-hydrogen) atoms. The minimum absolute atomic E-state index is 0.0781. The molecule has 4 aromatic rings. The van der Waals surface area contributed by atoms with E-state index in [1.807, 2.05) is 91.0 Å². The molecule has 0 saturated carbocycles. The number of hydrogen-bond acceptors (Lipinski definition) is 7. The number of amides is 1. The number of β-lactam (4-membered cyclic amide) rings is 1. The van der Waals surface area contributed by atoms with Crippen molar-refractivity contribution in [2.75, 3.05) is 6.61 Å². The number of aliphatic hydroxyl groups is 2.